The zero-order chi connectivity index (χ0) is 25.0. The smallest absolute Gasteiger partial charge is 0.423 e. The maximum atomic E-state index is 13.7. The summed E-state index contributed by atoms with van der Waals surface area (Å²) in [5.74, 6) is -2.90. The summed E-state index contributed by atoms with van der Waals surface area (Å²) in [5, 5.41) is 11.8. The van der Waals surface area contributed by atoms with E-state index in [1.165, 1.54) is 17.2 Å². The Bertz CT molecular complexity index is 914. The van der Waals surface area contributed by atoms with Gasteiger partial charge in [-0.15, -0.1) is 0 Å². The van der Waals surface area contributed by atoms with E-state index >= 15 is 0 Å². The first-order valence-electron chi connectivity index (χ1n) is 10.9. The number of piperidine rings is 1. The molecule has 1 saturated heterocycles. The Balaban J connectivity index is 2.14. The highest BCUT2D eigenvalue weighted by Gasteiger charge is 2.39. The summed E-state index contributed by atoms with van der Waals surface area (Å²) < 4.78 is 47.5. The lowest BCUT2D eigenvalue weighted by molar-refractivity contribution is -0.153. The zero-order valence-corrected chi connectivity index (χ0v) is 20.4. The molecular formula is C21H32F3N3O5Si. The molecule has 2 atom stereocenters. The van der Waals surface area contributed by atoms with E-state index in [1.807, 2.05) is 0 Å². The first-order valence-corrected chi connectivity index (χ1v) is 14.6. The van der Waals surface area contributed by atoms with Crippen molar-refractivity contribution in [1.29, 1.82) is 0 Å². The van der Waals surface area contributed by atoms with Crippen LogP contribution < -0.4 is 10.9 Å². The van der Waals surface area contributed by atoms with Crippen LogP contribution in [0.25, 0.3) is 0 Å². The quantitative estimate of drug-likeness (QED) is 0.296. The molecule has 1 aliphatic rings. The van der Waals surface area contributed by atoms with E-state index in [0.29, 0.717) is 19.6 Å². The van der Waals surface area contributed by atoms with Crippen molar-refractivity contribution >= 4 is 25.6 Å². The number of pyridine rings is 1. The molecule has 2 unspecified atom stereocenters. The first kappa shape index (κ1) is 26.9. The number of nitrogens with one attached hydrogen (secondary N) is 1. The van der Waals surface area contributed by atoms with Crippen molar-refractivity contribution in [1.82, 2.24) is 9.47 Å². The van der Waals surface area contributed by atoms with Crippen molar-refractivity contribution in [2.24, 2.45) is 5.92 Å². The van der Waals surface area contributed by atoms with E-state index < -0.39 is 54.9 Å². The number of hydrogen-bond donors (Lipinski definition) is 2. The van der Waals surface area contributed by atoms with Gasteiger partial charge in [-0.25, -0.2) is 0 Å². The lowest BCUT2D eigenvalue weighted by Crippen LogP contribution is -2.48. The third kappa shape index (κ3) is 7.59. The number of carboxylic acid groups (broad SMARTS) is 1. The lowest BCUT2D eigenvalue weighted by atomic mass is 9.97. The third-order valence-corrected chi connectivity index (χ3v) is 7.10. The second-order valence-electron chi connectivity index (χ2n) is 9.59. The number of aromatic nitrogens is 1. The highest BCUT2D eigenvalue weighted by atomic mass is 28.3. The number of amides is 1. The van der Waals surface area contributed by atoms with E-state index in [9.17, 15) is 27.6 Å². The van der Waals surface area contributed by atoms with Crippen molar-refractivity contribution < 1.29 is 32.6 Å². The monoisotopic (exact) mass is 491 g/mol. The molecular weight excluding hydrogens is 459 g/mol. The molecule has 0 bridgehead atoms. The molecule has 8 nitrogen and oxygen atoms in total. The van der Waals surface area contributed by atoms with Gasteiger partial charge < -0.3 is 20.1 Å². The second-order valence-corrected chi connectivity index (χ2v) is 15.2. The van der Waals surface area contributed by atoms with Crippen LogP contribution in [0, 0.1) is 5.92 Å². The van der Waals surface area contributed by atoms with Crippen molar-refractivity contribution in [2.45, 2.75) is 64.4 Å². The zero-order valence-electron chi connectivity index (χ0n) is 19.4. The molecule has 1 aromatic heterocycles. The first-order chi connectivity index (χ1) is 15.2. The normalized spacial score (nSPS) is 18.3. The number of carboxylic acids is 1. The summed E-state index contributed by atoms with van der Waals surface area (Å²) >= 11 is 0. The number of carbonyl (C=O) groups is 2. The predicted molar refractivity (Wildman–Crippen MR) is 120 cm³/mol. The van der Waals surface area contributed by atoms with Crippen LogP contribution in [-0.4, -0.2) is 60.3 Å². The third-order valence-electron chi connectivity index (χ3n) is 5.40. The van der Waals surface area contributed by atoms with Gasteiger partial charge in [0.1, 0.15) is 18.2 Å². The molecule has 1 fully saturated rings. The average molecular weight is 492 g/mol. The molecule has 0 aromatic carbocycles. The van der Waals surface area contributed by atoms with Crippen LogP contribution in [0.4, 0.5) is 18.9 Å². The minimum atomic E-state index is -4.89. The van der Waals surface area contributed by atoms with Crippen LogP contribution in [-0.2, 0) is 27.2 Å². The minimum absolute atomic E-state index is 0.0167. The number of likely N-dealkylation sites (tertiary alicyclic amines) is 1. The second kappa shape index (κ2) is 10.7. The Morgan fingerprint density at radius 3 is 2.58 bits per heavy atom. The maximum absolute atomic E-state index is 13.7. The molecule has 2 heterocycles. The van der Waals surface area contributed by atoms with E-state index in [-0.39, 0.29) is 19.7 Å². The Hall–Kier alpha value is -2.34. The van der Waals surface area contributed by atoms with Gasteiger partial charge in [0.25, 0.3) is 5.56 Å². The fraction of sp³-hybridized carbons (Fsp3) is 0.667. The summed E-state index contributed by atoms with van der Waals surface area (Å²) in [7, 11) is -1.37. The molecule has 1 aliphatic heterocycles. The number of halogens is 3. The Morgan fingerprint density at radius 2 is 2.00 bits per heavy atom. The standard InChI is InChI=1S/C21H32F3N3O5Si/c1-14(12-26-8-5-6-15(18(26)28)20(30)31)25-16-7-9-27(13-32-10-11-33(2,3)4)19(29)17(16)21(22,23)24/h7,9,14-15,25H,5-6,8,10-13H2,1-4H3,(H,30,31). The number of rotatable bonds is 10. The van der Waals surface area contributed by atoms with Gasteiger partial charge in [0.05, 0.1) is 5.69 Å². The summed E-state index contributed by atoms with van der Waals surface area (Å²) in [6.07, 6.45) is -2.91. The van der Waals surface area contributed by atoms with Gasteiger partial charge >= 0.3 is 12.1 Å². The lowest BCUT2D eigenvalue weighted by Gasteiger charge is -2.33. The van der Waals surface area contributed by atoms with Crippen molar-refractivity contribution in [3.63, 3.8) is 0 Å². The number of ether oxygens (including phenoxy) is 1. The predicted octanol–water partition coefficient (Wildman–Crippen LogP) is 3.30. The van der Waals surface area contributed by atoms with Gasteiger partial charge in [0.2, 0.25) is 5.91 Å². The average Bonchev–Trinajstić information content (AvgIpc) is 2.66. The molecule has 0 aliphatic carbocycles. The topological polar surface area (TPSA) is 101 Å². The molecule has 0 radical (unpaired) electrons. The van der Waals surface area contributed by atoms with Crippen LogP contribution >= 0.6 is 0 Å². The number of anilines is 1. The summed E-state index contributed by atoms with van der Waals surface area (Å²) in [6.45, 7) is 8.44. The van der Waals surface area contributed by atoms with Crippen LogP contribution in [0.2, 0.25) is 25.7 Å². The van der Waals surface area contributed by atoms with Crippen molar-refractivity contribution in [3.8, 4) is 0 Å². The Labute approximate surface area is 191 Å². The van der Waals surface area contributed by atoms with Gasteiger partial charge in [-0.1, -0.05) is 19.6 Å². The molecule has 186 valence electrons. The van der Waals surface area contributed by atoms with Crippen molar-refractivity contribution in [3.05, 3.63) is 28.2 Å². The van der Waals surface area contributed by atoms with E-state index in [0.717, 1.165) is 10.6 Å². The number of hydrogen-bond acceptors (Lipinski definition) is 5. The molecule has 2 rings (SSSR count). The van der Waals surface area contributed by atoms with Crippen LogP contribution in [0.3, 0.4) is 0 Å². The van der Waals surface area contributed by atoms with E-state index in [4.69, 9.17) is 9.84 Å². The van der Waals surface area contributed by atoms with E-state index in [2.05, 4.69) is 25.0 Å². The summed E-state index contributed by atoms with van der Waals surface area (Å²) in [5.41, 5.74) is -2.94. The molecule has 2 N–H and O–H groups in total. The molecule has 33 heavy (non-hydrogen) atoms. The number of nitrogens with zero attached hydrogens (tertiary/aromatic N) is 2. The summed E-state index contributed by atoms with van der Waals surface area (Å²) in [4.78, 5) is 37.5. The van der Waals surface area contributed by atoms with Crippen LogP contribution in [0.1, 0.15) is 25.3 Å². The largest absolute Gasteiger partial charge is 0.481 e. The van der Waals surface area contributed by atoms with Gasteiger partial charge in [-0.05, 0) is 31.9 Å². The Kier molecular flexibility index (Phi) is 8.74. The Morgan fingerprint density at radius 1 is 1.33 bits per heavy atom. The highest BCUT2D eigenvalue weighted by molar-refractivity contribution is 6.76. The maximum Gasteiger partial charge on any atom is 0.423 e. The van der Waals surface area contributed by atoms with E-state index in [1.54, 1.807) is 6.92 Å². The summed E-state index contributed by atoms with van der Waals surface area (Å²) in [6, 6.07) is 1.34. The van der Waals surface area contributed by atoms with Crippen LogP contribution in [0.15, 0.2) is 17.1 Å². The van der Waals surface area contributed by atoms with Gasteiger partial charge in [-0.3, -0.25) is 19.0 Å². The van der Waals surface area contributed by atoms with Crippen LogP contribution in [0.5, 0.6) is 0 Å². The number of carbonyl (C=O) groups excluding carboxylic acids is 1. The van der Waals surface area contributed by atoms with Gasteiger partial charge in [0.15, 0.2) is 0 Å². The highest BCUT2D eigenvalue weighted by Crippen LogP contribution is 2.32. The number of alkyl halides is 3. The molecule has 1 aromatic rings. The fourth-order valence-electron chi connectivity index (χ4n) is 3.60. The molecule has 0 spiro atoms. The number of aliphatic carboxylic acids is 1. The fourth-order valence-corrected chi connectivity index (χ4v) is 4.36. The van der Waals surface area contributed by atoms with Gasteiger partial charge in [0, 0.05) is 40.0 Å². The molecule has 0 saturated carbocycles. The minimum Gasteiger partial charge on any atom is -0.481 e. The van der Waals surface area contributed by atoms with Crippen molar-refractivity contribution in [2.75, 3.05) is 25.0 Å². The molecule has 1 amide bonds. The SMILES string of the molecule is CC(CN1CCCC(C(=O)O)C1=O)Nc1ccn(COCC[Si](C)(C)C)c(=O)c1C(F)(F)F. The molecule has 12 heteroatoms. The van der Waals surface area contributed by atoms with Gasteiger partial charge in [-0.2, -0.15) is 13.2 Å².